The zero-order valence-corrected chi connectivity index (χ0v) is 16.1. The molecule has 0 saturated carbocycles. The van der Waals surface area contributed by atoms with Crippen molar-refractivity contribution in [3.63, 3.8) is 0 Å². The molecule has 5 nitrogen and oxygen atoms in total. The number of nitrogens with zero attached hydrogens (tertiary/aromatic N) is 3. The van der Waals surface area contributed by atoms with E-state index in [1.54, 1.807) is 0 Å². The monoisotopic (exact) mass is 369 g/mol. The molecule has 1 aliphatic rings. The Balaban J connectivity index is 1.43. The molecule has 27 heavy (non-hydrogen) atoms. The Kier molecular flexibility index (Phi) is 6.29. The van der Waals surface area contributed by atoms with Gasteiger partial charge in [-0.3, -0.25) is 9.89 Å². The van der Waals surface area contributed by atoms with E-state index < -0.39 is 0 Å². The fraction of sp³-hybridized carbons (Fsp3) is 0.381. The number of nitrogens with two attached hydrogens (primary N) is 1. The van der Waals surface area contributed by atoms with Crippen molar-refractivity contribution < 1.29 is 4.39 Å². The van der Waals surface area contributed by atoms with Crippen LogP contribution in [-0.2, 0) is 0 Å². The predicted octanol–water partition coefficient (Wildman–Crippen LogP) is 2.99. The standard InChI is InChI=1S/C21H28FN5/c1-16-13-17(2)15-19(14-16)25-21(23)24-7-8-26-9-11-27(12-10-26)20-5-3-18(22)4-6-20/h3-6,13-15H,7-12H2,1-2H3,(H3,23,24,25). The van der Waals surface area contributed by atoms with Gasteiger partial charge in [-0.2, -0.15) is 0 Å². The van der Waals surface area contributed by atoms with Crippen LogP contribution in [0.15, 0.2) is 47.5 Å². The van der Waals surface area contributed by atoms with Crippen molar-refractivity contribution in [3.8, 4) is 0 Å². The Morgan fingerprint density at radius 1 is 1.04 bits per heavy atom. The van der Waals surface area contributed by atoms with E-state index >= 15 is 0 Å². The Hall–Kier alpha value is -2.60. The molecule has 144 valence electrons. The number of aliphatic imine (C=N–C) groups is 1. The fourth-order valence-corrected chi connectivity index (χ4v) is 3.43. The first-order valence-corrected chi connectivity index (χ1v) is 9.38. The molecule has 0 bridgehead atoms. The van der Waals surface area contributed by atoms with Crippen LogP contribution in [0.5, 0.6) is 0 Å². The van der Waals surface area contributed by atoms with Gasteiger partial charge in [0.2, 0.25) is 0 Å². The smallest absolute Gasteiger partial charge is 0.193 e. The molecule has 3 rings (SSSR count). The van der Waals surface area contributed by atoms with Gasteiger partial charge in [0.1, 0.15) is 5.82 Å². The van der Waals surface area contributed by atoms with Gasteiger partial charge in [-0.05, 0) is 61.4 Å². The molecule has 1 heterocycles. The van der Waals surface area contributed by atoms with Gasteiger partial charge in [-0.15, -0.1) is 0 Å². The summed E-state index contributed by atoms with van der Waals surface area (Å²) in [7, 11) is 0. The Morgan fingerprint density at radius 3 is 2.30 bits per heavy atom. The number of rotatable bonds is 5. The van der Waals surface area contributed by atoms with Crippen LogP contribution in [0, 0.1) is 19.7 Å². The largest absolute Gasteiger partial charge is 0.370 e. The topological polar surface area (TPSA) is 56.9 Å². The van der Waals surface area contributed by atoms with Crippen LogP contribution in [0.4, 0.5) is 15.8 Å². The van der Waals surface area contributed by atoms with Crippen LogP contribution in [0.3, 0.4) is 0 Å². The van der Waals surface area contributed by atoms with Crippen molar-refractivity contribution >= 4 is 17.3 Å². The van der Waals surface area contributed by atoms with Crippen molar-refractivity contribution in [2.45, 2.75) is 13.8 Å². The molecule has 6 heteroatoms. The van der Waals surface area contributed by atoms with Gasteiger partial charge in [0, 0.05) is 44.1 Å². The predicted molar refractivity (Wildman–Crippen MR) is 111 cm³/mol. The Bertz CT molecular complexity index is 759. The lowest BCUT2D eigenvalue weighted by molar-refractivity contribution is 0.265. The van der Waals surface area contributed by atoms with Crippen molar-refractivity contribution in [2.75, 3.05) is 49.5 Å². The molecule has 3 N–H and O–H groups in total. The first-order chi connectivity index (χ1) is 13.0. The molecule has 0 aliphatic carbocycles. The van der Waals surface area contributed by atoms with E-state index in [1.807, 2.05) is 12.1 Å². The second-order valence-electron chi connectivity index (χ2n) is 7.07. The molecular formula is C21H28FN5. The third-order valence-electron chi connectivity index (χ3n) is 4.76. The van der Waals surface area contributed by atoms with Gasteiger partial charge in [-0.1, -0.05) is 6.07 Å². The molecule has 0 atom stereocenters. The van der Waals surface area contributed by atoms with Crippen molar-refractivity contribution in [1.82, 2.24) is 4.90 Å². The van der Waals surface area contributed by atoms with E-state index in [1.165, 1.54) is 23.3 Å². The number of benzene rings is 2. The summed E-state index contributed by atoms with van der Waals surface area (Å²) in [5, 5.41) is 3.16. The van der Waals surface area contributed by atoms with Gasteiger partial charge in [0.25, 0.3) is 0 Å². The van der Waals surface area contributed by atoms with Crippen LogP contribution in [0.2, 0.25) is 0 Å². The lowest BCUT2D eigenvalue weighted by Crippen LogP contribution is -2.47. The second kappa shape index (κ2) is 8.86. The zero-order chi connectivity index (χ0) is 19.2. The SMILES string of the molecule is Cc1cc(C)cc(NC(N)=NCCN2CCN(c3ccc(F)cc3)CC2)c1. The molecule has 0 radical (unpaired) electrons. The first-order valence-electron chi connectivity index (χ1n) is 9.38. The quantitative estimate of drug-likeness (QED) is 0.628. The van der Waals surface area contributed by atoms with Crippen LogP contribution in [-0.4, -0.2) is 50.1 Å². The summed E-state index contributed by atoms with van der Waals surface area (Å²) in [5.74, 6) is 0.257. The lowest BCUT2D eigenvalue weighted by Gasteiger charge is -2.35. The first kappa shape index (κ1) is 19.2. The average Bonchev–Trinajstić information content (AvgIpc) is 2.62. The third-order valence-corrected chi connectivity index (χ3v) is 4.76. The number of hydrogen-bond donors (Lipinski definition) is 2. The van der Waals surface area contributed by atoms with Crippen molar-refractivity contribution in [1.29, 1.82) is 0 Å². The van der Waals surface area contributed by atoms with Crippen LogP contribution >= 0.6 is 0 Å². The van der Waals surface area contributed by atoms with E-state index in [9.17, 15) is 4.39 Å². The molecule has 0 spiro atoms. The Labute approximate surface area is 160 Å². The maximum atomic E-state index is 13.0. The summed E-state index contributed by atoms with van der Waals surface area (Å²) >= 11 is 0. The lowest BCUT2D eigenvalue weighted by atomic mass is 10.1. The minimum absolute atomic E-state index is 0.192. The number of halogens is 1. The molecule has 0 amide bonds. The molecule has 2 aromatic rings. The molecule has 1 saturated heterocycles. The van der Waals surface area contributed by atoms with Gasteiger partial charge >= 0.3 is 0 Å². The Morgan fingerprint density at radius 2 is 1.67 bits per heavy atom. The van der Waals surface area contributed by atoms with Crippen molar-refractivity contribution in [3.05, 3.63) is 59.4 Å². The summed E-state index contributed by atoms with van der Waals surface area (Å²) in [6.45, 7) is 9.49. The summed E-state index contributed by atoms with van der Waals surface area (Å²) in [6, 6.07) is 13.0. The van der Waals surface area contributed by atoms with E-state index in [0.717, 1.165) is 44.1 Å². The highest BCUT2D eigenvalue weighted by Gasteiger charge is 2.16. The van der Waals surface area contributed by atoms with Crippen LogP contribution < -0.4 is 16.0 Å². The van der Waals surface area contributed by atoms with Gasteiger partial charge in [-0.25, -0.2) is 4.39 Å². The van der Waals surface area contributed by atoms with E-state index in [0.29, 0.717) is 12.5 Å². The number of hydrogen-bond acceptors (Lipinski definition) is 3. The van der Waals surface area contributed by atoms with E-state index in [4.69, 9.17) is 5.73 Å². The minimum atomic E-state index is -0.192. The number of aryl methyl sites for hydroxylation is 2. The fourth-order valence-electron chi connectivity index (χ4n) is 3.43. The highest BCUT2D eigenvalue weighted by atomic mass is 19.1. The van der Waals surface area contributed by atoms with E-state index in [-0.39, 0.29) is 5.82 Å². The number of nitrogens with one attached hydrogen (secondary N) is 1. The average molecular weight is 369 g/mol. The van der Waals surface area contributed by atoms with Gasteiger partial charge in [0.05, 0.1) is 6.54 Å². The van der Waals surface area contributed by atoms with Crippen molar-refractivity contribution in [2.24, 2.45) is 10.7 Å². The molecule has 0 aromatic heterocycles. The third kappa shape index (κ3) is 5.69. The number of piperazine rings is 1. The number of anilines is 2. The van der Waals surface area contributed by atoms with Gasteiger partial charge in [0.15, 0.2) is 5.96 Å². The minimum Gasteiger partial charge on any atom is -0.370 e. The van der Waals surface area contributed by atoms with Crippen LogP contribution in [0.1, 0.15) is 11.1 Å². The summed E-state index contributed by atoms with van der Waals surface area (Å²) < 4.78 is 13.0. The molecular weight excluding hydrogens is 341 g/mol. The molecule has 1 aliphatic heterocycles. The normalized spacial score (nSPS) is 15.8. The van der Waals surface area contributed by atoms with E-state index in [2.05, 4.69) is 52.2 Å². The second-order valence-corrected chi connectivity index (χ2v) is 7.07. The highest BCUT2D eigenvalue weighted by Crippen LogP contribution is 2.17. The van der Waals surface area contributed by atoms with Crippen LogP contribution in [0.25, 0.3) is 0 Å². The maximum absolute atomic E-state index is 13.0. The maximum Gasteiger partial charge on any atom is 0.193 e. The summed E-state index contributed by atoms with van der Waals surface area (Å²) in [6.07, 6.45) is 0. The molecule has 2 aromatic carbocycles. The molecule has 0 unspecified atom stereocenters. The zero-order valence-electron chi connectivity index (χ0n) is 16.1. The highest BCUT2D eigenvalue weighted by molar-refractivity contribution is 5.92. The molecule has 1 fully saturated rings. The summed E-state index contributed by atoms with van der Waals surface area (Å²) in [4.78, 5) is 9.12. The van der Waals surface area contributed by atoms with Gasteiger partial charge < -0.3 is 16.0 Å². The summed E-state index contributed by atoms with van der Waals surface area (Å²) in [5.41, 5.74) is 10.5. The number of guanidine groups is 1.